The van der Waals surface area contributed by atoms with Crippen LogP contribution in [-0.4, -0.2) is 24.3 Å². The Morgan fingerprint density at radius 3 is 2.58 bits per heavy atom. The van der Waals surface area contributed by atoms with Crippen molar-refractivity contribution in [3.63, 3.8) is 0 Å². The molecule has 0 aromatic carbocycles. The third kappa shape index (κ3) is 2.80. The van der Waals surface area contributed by atoms with Gasteiger partial charge in [-0.1, -0.05) is 31.2 Å². The van der Waals surface area contributed by atoms with Gasteiger partial charge in [-0.15, -0.1) is 0 Å². The van der Waals surface area contributed by atoms with Gasteiger partial charge in [0.2, 0.25) is 0 Å². The van der Waals surface area contributed by atoms with Crippen molar-refractivity contribution in [2.45, 2.75) is 19.4 Å². The molecular weight excluding hydrogens is 150 g/mol. The molecule has 0 heterocycles. The zero-order valence-electron chi connectivity index (χ0n) is 7.53. The minimum Gasteiger partial charge on any atom is -0.395 e. The Kier molecular flexibility index (Phi) is 4.05. The first kappa shape index (κ1) is 9.49. The lowest BCUT2D eigenvalue weighted by molar-refractivity contribution is 0.238. The number of aliphatic hydroxyl groups is 1. The molecule has 0 radical (unpaired) electrons. The van der Waals surface area contributed by atoms with Gasteiger partial charge in [0.05, 0.1) is 6.61 Å². The molecule has 1 aliphatic rings. The predicted octanol–water partition coefficient (Wildman–Crippen LogP) is 1.09. The summed E-state index contributed by atoms with van der Waals surface area (Å²) in [6, 6.07) is 0.257. The second-order valence-electron chi connectivity index (χ2n) is 3.13. The van der Waals surface area contributed by atoms with Gasteiger partial charge in [-0.05, 0) is 6.42 Å². The van der Waals surface area contributed by atoms with E-state index in [9.17, 15) is 0 Å². The Bertz CT molecular complexity index is 159. The minimum atomic E-state index is 0.233. The molecule has 2 N–H and O–H groups in total. The monoisotopic (exact) mass is 167 g/mol. The highest BCUT2D eigenvalue weighted by Gasteiger charge is 2.07. The maximum Gasteiger partial charge on any atom is 0.0584 e. The molecule has 0 unspecified atom stereocenters. The molecule has 12 heavy (non-hydrogen) atoms. The van der Waals surface area contributed by atoms with Gasteiger partial charge in [0.1, 0.15) is 0 Å². The van der Waals surface area contributed by atoms with E-state index in [1.165, 1.54) is 0 Å². The first-order valence-electron chi connectivity index (χ1n) is 4.56. The van der Waals surface area contributed by atoms with Crippen molar-refractivity contribution < 1.29 is 5.11 Å². The first-order chi connectivity index (χ1) is 5.86. The maximum atomic E-state index is 8.90. The lowest BCUT2D eigenvalue weighted by Gasteiger charge is -2.15. The van der Waals surface area contributed by atoms with Crippen LogP contribution in [0.1, 0.15) is 13.3 Å². The van der Waals surface area contributed by atoms with Crippen molar-refractivity contribution in [1.29, 1.82) is 0 Å². The summed E-state index contributed by atoms with van der Waals surface area (Å²) in [7, 11) is 0. The van der Waals surface area contributed by atoms with E-state index in [2.05, 4.69) is 36.5 Å². The van der Waals surface area contributed by atoms with E-state index in [0.29, 0.717) is 5.92 Å². The number of rotatable bonds is 5. The van der Waals surface area contributed by atoms with Crippen LogP contribution in [0.3, 0.4) is 0 Å². The lowest BCUT2D eigenvalue weighted by atomic mass is 10.1. The molecule has 0 saturated heterocycles. The Morgan fingerprint density at radius 1 is 1.42 bits per heavy atom. The molecule has 2 heteroatoms. The van der Waals surface area contributed by atoms with Gasteiger partial charge in [0, 0.05) is 18.5 Å². The Balaban J connectivity index is 2.15. The average Bonchev–Trinajstić information content (AvgIpc) is 2.59. The molecule has 1 aliphatic carbocycles. The fourth-order valence-corrected chi connectivity index (χ4v) is 1.25. The van der Waals surface area contributed by atoms with E-state index in [-0.39, 0.29) is 12.6 Å². The van der Waals surface area contributed by atoms with Gasteiger partial charge < -0.3 is 10.4 Å². The molecule has 0 bridgehead atoms. The highest BCUT2D eigenvalue weighted by Crippen LogP contribution is 2.07. The highest BCUT2D eigenvalue weighted by atomic mass is 16.3. The lowest BCUT2D eigenvalue weighted by Crippen LogP contribution is -2.34. The van der Waals surface area contributed by atoms with Gasteiger partial charge in [-0.3, -0.25) is 0 Å². The van der Waals surface area contributed by atoms with Gasteiger partial charge in [0.15, 0.2) is 0 Å². The zero-order valence-corrected chi connectivity index (χ0v) is 7.53. The molecule has 0 amide bonds. The van der Waals surface area contributed by atoms with Crippen LogP contribution in [-0.2, 0) is 0 Å². The van der Waals surface area contributed by atoms with Gasteiger partial charge in [0.25, 0.3) is 0 Å². The quantitative estimate of drug-likeness (QED) is 0.642. The van der Waals surface area contributed by atoms with Crippen LogP contribution < -0.4 is 5.32 Å². The van der Waals surface area contributed by atoms with Crippen LogP contribution >= 0.6 is 0 Å². The molecule has 1 atom stereocenters. The van der Waals surface area contributed by atoms with Crippen molar-refractivity contribution in [3.05, 3.63) is 24.3 Å². The summed E-state index contributed by atoms with van der Waals surface area (Å²) in [6.07, 6.45) is 9.43. The second-order valence-corrected chi connectivity index (χ2v) is 3.13. The van der Waals surface area contributed by atoms with E-state index in [1.807, 2.05) is 0 Å². The molecule has 68 valence electrons. The van der Waals surface area contributed by atoms with Gasteiger partial charge in [-0.2, -0.15) is 0 Å². The standard InChI is InChI=1S/C10H17NO/c1-2-10(8-12)11-7-9-5-3-4-6-9/h3-6,9-12H,2,7-8H2,1H3/t10-/m1/s1. The Labute approximate surface area is 74.0 Å². The average molecular weight is 167 g/mol. The highest BCUT2D eigenvalue weighted by molar-refractivity contribution is 5.17. The van der Waals surface area contributed by atoms with Crippen molar-refractivity contribution in [2.24, 2.45) is 5.92 Å². The van der Waals surface area contributed by atoms with Crippen molar-refractivity contribution in [2.75, 3.05) is 13.2 Å². The van der Waals surface area contributed by atoms with Crippen LogP contribution in [0.5, 0.6) is 0 Å². The van der Waals surface area contributed by atoms with Crippen LogP contribution in [0.15, 0.2) is 24.3 Å². The molecule has 0 spiro atoms. The summed E-state index contributed by atoms with van der Waals surface area (Å²) < 4.78 is 0. The van der Waals surface area contributed by atoms with E-state index in [4.69, 9.17) is 5.11 Å². The Hall–Kier alpha value is -0.600. The second kappa shape index (κ2) is 5.12. The van der Waals surface area contributed by atoms with Crippen molar-refractivity contribution >= 4 is 0 Å². The fraction of sp³-hybridized carbons (Fsp3) is 0.600. The summed E-state index contributed by atoms with van der Waals surface area (Å²) in [5.74, 6) is 0.519. The fourth-order valence-electron chi connectivity index (χ4n) is 1.25. The van der Waals surface area contributed by atoms with Crippen LogP contribution in [0.25, 0.3) is 0 Å². The largest absolute Gasteiger partial charge is 0.395 e. The molecule has 0 saturated carbocycles. The van der Waals surface area contributed by atoms with Crippen LogP contribution in [0.2, 0.25) is 0 Å². The maximum absolute atomic E-state index is 8.90. The summed E-state index contributed by atoms with van der Waals surface area (Å²) in [4.78, 5) is 0. The number of hydrogen-bond acceptors (Lipinski definition) is 2. The number of hydrogen-bond donors (Lipinski definition) is 2. The molecule has 0 fully saturated rings. The topological polar surface area (TPSA) is 32.3 Å². The molecule has 0 aliphatic heterocycles. The predicted molar refractivity (Wildman–Crippen MR) is 50.9 cm³/mol. The summed E-state index contributed by atoms with van der Waals surface area (Å²) in [5, 5.41) is 12.2. The SMILES string of the molecule is CC[C@H](CO)NCC1C=CC=C1. The van der Waals surface area contributed by atoms with E-state index < -0.39 is 0 Å². The normalized spacial score (nSPS) is 18.8. The third-order valence-electron chi connectivity index (χ3n) is 2.18. The summed E-state index contributed by atoms with van der Waals surface area (Å²) >= 11 is 0. The molecule has 2 nitrogen and oxygen atoms in total. The van der Waals surface area contributed by atoms with Gasteiger partial charge >= 0.3 is 0 Å². The zero-order chi connectivity index (χ0) is 8.81. The van der Waals surface area contributed by atoms with E-state index >= 15 is 0 Å². The van der Waals surface area contributed by atoms with Gasteiger partial charge in [-0.25, -0.2) is 0 Å². The van der Waals surface area contributed by atoms with E-state index in [1.54, 1.807) is 0 Å². The number of allylic oxidation sites excluding steroid dienone is 2. The third-order valence-corrected chi connectivity index (χ3v) is 2.18. The van der Waals surface area contributed by atoms with E-state index in [0.717, 1.165) is 13.0 Å². The number of aliphatic hydroxyl groups excluding tert-OH is 1. The minimum absolute atomic E-state index is 0.233. The molecule has 0 aromatic heterocycles. The summed E-state index contributed by atoms with van der Waals surface area (Å²) in [6.45, 7) is 3.25. The van der Waals surface area contributed by atoms with Crippen molar-refractivity contribution in [1.82, 2.24) is 5.32 Å². The smallest absolute Gasteiger partial charge is 0.0584 e. The molecular formula is C10H17NO. The van der Waals surface area contributed by atoms with Crippen molar-refractivity contribution in [3.8, 4) is 0 Å². The first-order valence-corrected chi connectivity index (χ1v) is 4.56. The summed E-state index contributed by atoms with van der Waals surface area (Å²) in [5.41, 5.74) is 0. The molecule has 0 aromatic rings. The number of nitrogens with one attached hydrogen (secondary N) is 1. The van der Waals surface area contributed by atoms with Crippen LogP contribution in [0.4, 0.5) is 0 Å². The van der Waals surface area contributed by atoms with Crippen LogP contribution in [0, 0.1) is 5.92 Å². The Morgan fingerprint density at radius 2 is 2.08 bits per heavy atom. The molecule has 1 rings (SSSR count).